The monoisotopic (exact) mass is 306 g/mol. The van der Waals surface area contributed by atoms with Gasteiger partial charge in [0.05, 0.1) is 0 Å². The molecule has 0 saturated carbocycles. The van der Waals surface area contributed by atoms with Gasteiger partial charge < -0.3 is 14.6 Å². The minimum atomic E-state index is 0.222. The first-order valence-electron chi connectivity index (χ1n) is 7.48. The number of phenolic OH excluding ortho intramolecular Hbond substituents is 1. The van der Waals surface area contributed by atoms with Crippen LogP contribution in [0.5, 0.6) is 17.2 Å². The van der Waals surface area contributed by atoms with Gasteiger partial charge in [-0.1, -0.05) is 42.5 Å². The Morgan fingerprint density at radius 2 is 1.13 bits per heavy atom. The third-order valence-corrected chi connectivity index (χ3v) is 3.46. The summed E-state index contributed by atoms with van der Waals surface area (Å²) >= 11 is 0. The van der Waals surface area contributed by atoms with Crippen LogP contribution in [0.4, 0.5) is 0 Å². The number of phenols is 1. The van der Waals surface area contributed by atoms with E-state index in [1.165, 1.54) is 0 Å². The third kappa shape index (κ3) is 4.27. The number of aromatic hydroxyl groups is 1. The summed E-state index contributed by atoms with van der Waals surface area (Å²) in [6.45, 7) is 0.809. The highest BCUT2D eigenvalue weighted by Gasteiger charge is 2.06. The van der Waals surface area contributed by atoms with Gasteiger partial charge in [-0.25, -0.2) is 0 Å². The van der Waals surface area contributed by atoms with Gasteiger partial charge in [0, 0.05) is 0 Å². The largest absolute Gasteiger partial charge is 0.508 e. The lowest BCUT2D eigenvalue weighted by molar-refractivity contribution is 0.284. The second-order valence-electron chi connectivity index (χ2n) is 5.16. The molecule has 0 fully saturated rings. The van der Waals surface area contributed by atoms with Gasteiger partial charge in [0.15, 0.2) is 0 Å². The molecule has 0 aliphatic heterocycles. The first-order valence-corrected chi connectivity index (χ1v) is 7.48. The van der Waals surface area contributed by atoms with E-state index in [9.17, 15) is 5.11 Å². The van der Waals surface area contributed by atoms with Crippen molar-refractivity contribution in [3.63, 3.8) is 0 Å². The van der Waals surface area contributed by atoms with Crippen LogP contribution in [-0.2, 0) is 13.2 Å². The van der Waals surface area contributed by atoms with E-state index in [4.69, 9.17) is 9.47 Å². The van der Waals surface area contributed by atoms with Gasteiger partial charge in [-0.15, -0.1) is 0 Å². The number of rotatable bonds is 6. The summed E-state index contributed by atoms with van der Waals surface area (Å²) in [6, 6.07) is 24.5. The number of hydrogen-bond donors (Lipinski definition) is 1. The second-order valence-corrected chi connectivity index (χ2v) is 5.16. The molecule has 0 radical (unpaired) electrons. The molecular weight excluding hydrogens is 288 g/mol. The van der Waals surface area contributed by atoms with Crippen molar-refractivity contribution in [3.8, 4) is 17.2 Å². The Kier molecular flexibility index (Phi) is 4.79. The fraction of sp³-hybridized carbons (Fsp3) is 0.100. The SMILES string of the molecule is Oc1ccc(COc2ccccc2)c(COc2ccccc2)c1. The van der Waals surface area contributed by atoms with Gasteiger partial charge in [-0.3, -0.25) is 0 Å². The standard InChI is InChI=1S/C20H18O3/c21-18-12-11-16(14-22-19-7-3-1-4-8-19)17(13-18)15-23-20-9-5-2-6-10-20/h1-13,21H,14-15H2. The molecule has 0 unspecified atom stereocenters. The van der Waals surface area contributed by atoms with Crippen molar-refractivity contribution in [2.24, 2.45) is 0 Å². The van der Waals surface area contributed by atoms with E-state index in [0.717, 1.165) is 22.6 Å². The minimum Gasteiger partial charge on any atom is -0.508 e. The van der Waals surface area contributed by atoms with Crippen LogP contribution in [0, 0.1) is 0 Å². The maximum Gasteiger partial charge on any atom is 0.119 e. The van der Waals surface area contributed by atoms with Crippen LogP contribution in [0.15, 0.2) is 78.9 Å². The molecule has 0 aromatic heterocycles. The molecular formula is C20H18O3. The van der Waals surface area contributed by atoms with Gasteiger partial charge in [0.25, 0.3) is 0 Å². The highest BCUT2D eigenvalue weighted by molar-refractivity contribution is 5.35. The highest BCUT2D eigenvalue weighted by Crippen LogP contribution is 2.21. The Morgan fingerprint density at radius 1 is 0.609 bits per heavy atom. The number of ether oxygens (including phenoxy) is 2. The normalized spacial score (nSPS) is 10.3. The molecule has 0 heterocycles. The molecule has 3 aromatic rings. The summed E-state index contributed by atoms with van der Waals surface area (Å²) in [4.78, 5) is 0. The number of para-hydroxylation sites is 2. The van der Waals surface area contributed by atoms with E-state index in [1.54, 1.807) is 12.1 Å². The summed E-state index contributed by atoms with van der Waals surface area (Å²) in [6.07, 6.45) is 0. The van der Waals surface area contributed by atoms with Crippen LogP contribution in [-0.4, -0.2) is 5.11 Å². The average molecular weight is 306 g/mol. The smallest absolute Gasteiger partial charge is 0.119 e. The van der Waals surface area contributed by atoms with Gasteiger partial charge in [0.2, 0.25) is 0 Å². The summed E-state index contributed by atoms with van der Waals surface area (Å²) in [7, 11) is 0. The molecule has 23 heavy (non-hydrogen) atoms. The maximum atomic E-state index is 9.72. The van der Waals surface area contributed by atoms with Crippen molar-refractivity contribution < 1.29 is 14.6 Å². The Morgan fingerprint density at radius 3 is 1.70 bits per heavy atom. The minimum absolute atomic E-state index is 0.222. The number of hydrogen-bond acceptors (Lipinski definition) is 3. The summed E-state index contributed by atoms with van der Waals surface area (Å²) in [5.41, 5.74) is 1.90. The molecule has 0 aliphatic rings. The lowest BCUT2D eigenvalue weighted by atomic mass is 10.1. The van der Waals surface area contributed by atoms with Crippen molar-refractivity contribution in [1.29, 1.82) is 0 Å². The quantitative estimate of drug-likeness (QED) is 0.726. The van der Waals surface area contributed by atoms with Crippen LogP contribution in [0.2, 0.25) is 0 Å². The number of benzene rings is 3. The van der Waals surface area contributed by atoms with E-state index >= 15 is 0 Å². The maximum absolute atomic E-state index is 9.72. The van der Waals surface area contributed by atoms with Crippen molar-refractivity contribution in [2.45, 2.75) is 13.2 Å². The highest BCUT2D eigenvalue weighted by atomic mass is 16.5. The Bertz CT molecular complexity index is 739. The lowest BCUT2D eigenvalue weighted by Crippen LogP contribution is -2.03. The van der Waals surface area contributed by atoms with Gasteiger partial charge in [-0.2, -0.15) is 0 Å². The predicted molar refractivity (Wildman–Crippen MR) is 89.7 cm³/mol. The zero-order valence-electron chi connectivity index (χ0n) is 12.7. The van der Waals surface area contributed by atoms with E-state index < -0.39 is 0 Å². The van der Waals surface area contributed by atoms with Gasteiger partial charge in [0.1, 0.15) is 30.5 Å². The van der Waals surface area contributed by atoms with Crippen molar-refractivity contribution in [3.05, 3.63) is 90.0 Å². The zero-order chi connectivity index (χ0) is 15.9. The first kappa shape index (κ1) is 15.0. The Hall–Kier alpha value is -2.94. The van der Waals surface area contributed by atoms with Gasteiger partial charge in [-0.05, 0) is 47.5 Å². The molecule has 116 valence electrons. The van der Waals surface area contributed by atoms with Crippen molar-refractivity contribution in [2.75, 3.05) is 0 Å². The summed E-state index contributed by atoms with van der Waals surface area (Å²) < 4.78 is 11.6. The third-order valence-electron chi connectivity index (χ3n) is 3.46. The van der Waals surface area contributed by atoms with Crippen molar-refractivity contribution in [1.82, 2.24) is 0 Å². The molecule has 0 aliphatic carbocycles. The van der Waals surface area contributed by atoms with E-state index in [1.807, 2.05) is 66.7 Å². The Labute approximate surface area is 135 Å². The molecule has 1 N–H and O–H groups in total. The Balaban J connectivity index is 1.70. The fourth-order valence-electron chi connectivity index (χ4n) is 2.24. The zero-order valence-corrected chi connectivity index (χ0v) is 12.7. The van der Waals surface area contributed by atoms with Crippen LogP contribution in [0.3, 0.4) is 0 Å². The summed E-state index contributed by atoms with van der Waals surface area (Å²) in [5, 5.41) is 9.72. The summed E-state index contributed by atoms with van der Waals surface area (Å²) in [5.74, 6) is 1.83. The van der Waals surface area contributed by atoms with E-state index in [-0.39, 0.29) is 5.75 Å². The topological polar surface area (TPSA) is 38.7 Å². The molecule has 3 rings (SSSR count). The van der Waals surface area contributed by atoms with Crippen LogP contribution >= 0.6 is 0 Å². The molecule has 0 atom stereocenters. The molecule has 0 bridgehead atoms. The molecule has 0 saturated heterocycles. The molecule has 3 nitrogen and oxygen atoms in total. The van der Waals surface area contributed by atoms with Crippen molar-refractivity contribution >= 4 is 0 Å². The second kappa shape index (κ2) is 7.36. The van der Waals surface area contributed by atoms with E-state index in [2.05, 4.69) is 0 Å². The first-order chi connectivity index (χ1) is 11.3. The average Bonchev–Trinajstić information content (AvgIpc) is 2.61. The van der Waals surface area contributed by atoms with Gasteiger partial charge >= 0.3 is 0 Å². The molecule has 0 spiro atoms. The van der Waals surface area contributed by atoms with E-state index in [0.29, 0.717) is 13.2 Å². The molecule has 3 heteroatoms. The fourth-order valence-corrected chi connectivity index (χ4v) is 2.24. The molecule has 3 aromatic carbocycles. The molecule has 0 amide bonds. The lowest BCUT2D eigenvalue weighted by Gasteiger charge is -2.13. The predicted octanol–water partition coefficient (Wildman–Crippen LogP) is 4.55. The van der Waals surface area contributed by atoms with Crippen LogP contribution in [0.1, 0.15) is 11.1 Å². The van der Waals surface area contributed by atoms with Crippen LogP contribution < -0.4 is 9.47 Å². The van der Waals surface area contributed by atoms with Crippen LogP contribution in [0.25, 0.3) is 0 Å².